The minimum absolute atomic E-state index is 0.0396. The molecule has 0 spiro atoms. The molecule has 0 atom stereocenters. The van der Waals surface area contributed by atoms with E-state index in [2.05, 4.69) is 10.5 Å². The summed E-state index contributed by atoms with van der Waals surface area (Å²) in [6.45, 7) is 1.36. The number of carboxylic acid groups (broad SMARTS) is 1. The van der Waals surface area contributed by atoms with E-state index in [4.69, 9.17) is 33.0 Å². The Kier molecular flexibility index (Phi) is 6.98. The van der Waals surface area contributed by atoms with Gasteiger partial charge in [0.2, 0.25) is 0 Å². The number of hydrogen-bond donors (Lipinski definition) is 2. The number of hydrogen-bond acceptors (Lipinski definition) is 4. The molecule has 6 nitrogen and oxygen atoms in total. The van der Waals surface area contributed by atoms with Gasteiger partial charge in [0, 0.05) is 10.7 Å². The maximum atomic E-state index is 11.5. The molecule has 0 aliphatic rings. The molecule has 21 heavy (non-hydrogen) atoms. The summed E-state index contributed by atoms with van der Waals surface area (Å²) >= 11 is 11.6. The van der Waals surface area contributed by atoms with E-state index < -0.39 is 11.9 Å². The van der Waals surface area contributed by atoms with E-state index in [-0.39, 0.29) is 19.4 Å². The third-order valence-electron chi connectivity index (χ3n) is 2.32. The van der Waals surface area contributed by atoms with Crippen LogP contribution in [0, 0.1) is 0 Å². The average Bonchev–Trinajstić information content (AvgIpc) is 2.41. The Morgan fingerprint density at radius 3 is 2.67 bits per heavy atom. The van der Waals surface area contributed by atoms with E-state index >= 15 is 0 Å². The predicted octanol–water partition coefficient (Wildman–Crippen LogP) is 2.73. The maximum absolute atomic E-state index is 11.5. The number of nitrogens with one attached hydrogen (secondary N) is 1. The normalized spacial score (nSPS) is 11.1. The Balaban J connectivity index is 2.40. The number of benzene rings is 1. The van der Waals surface area contributed by atoms with Gasteiger partial charge in [-0.3, -0.25) is 9.59 Å². The van der Waals surface area contributed by atoms with Gasteiger partial charge in [-0.1, -0.05) is 23.2 Å². The van der Waals surface area contributed by atoms with Crippen molar-refractivity contribution < 1.29 is 19.4 Å². The Morgan fingerprint density at radius 1 is 1.33 bits per heavy atom. The highest BCUT2D eigenvalue weighted by atomic mass is 35.5. The summed E-state index contributed by atoms with van der Waals surface area (Å²) in [4.78, 5) is 21.9. The number of nitrogens with zero attached hydrogens (tertiary/aromatic N) is 1. The van der Waals surface area contributed by atoms with Crippen LogP contribution in [-0.2, 0) is 9.59 Å². The van der Waals surface area contributed by atoms with Gasteiger partial charge in [0.25, 0.3) is 5.91 Å². The quantitative estimate of drug-likeness (QED) is 0.593. The number of carbonyl (C=O) groups is 2. The van der Waals surface area contributed by atoms with Crippen molar-refractivity contribution in [3.8, 4) is 5.75 Å². The molecular formula is C13H14Cl2N2O4. The molecule has 0 radical (unpaired) electrons. The average molecular weight is 333 g/mol. The summed E-state index contributed by atoms with van der Waals surface area (Å²) in [5.41, 5.74) is 2.78. The van der Waals surface area contributed by atoms with Crippen LogP contribution in [0.15, 0.2) is 23.3 Å². The summed E-state index contributed by atoms with van der Waals surface area (Å²) < 4.78 is 5.22. The van der Waals surface area contributed by atoms with Crippen LogP contribution >= 0.6 is 23.2 Å². The van der Waals surface area contributed by atoms with E-state index in [0.717, 1.165) is 0 Å². The van der Waals surface area contributed by atoms with Crippen molar-refractivity contribution in [1.82, 2.24) is 5.43 Å². The first-order valence-corrected chi connectivity index (χ1v) is 6.75. The van der Waals surface area contributed by atoms with Crippen molar-refractivity contribution in [3.05, 3.63) is 28.2 Å². The Bertz CT molecular complexity index is 561. The standard InChI is InChI=1S/C13H14Cl2N2O4/c1-8(2-5-13(19)20)16-17-12(18)7-21-11-4-3-9(14)6-10(11)15/h3-4,6H,2,5,7H2,1H3,(H,17,18)(H,19,20)/b16-8+. The van der Waals surface area contributed by atoms with Crippen molar-refractivity contribution in [2.75, 3.05) is 6.61 Å². The van der Waals surface area contributed by atoms with Gasteiger partial charge in [-0.2, -0.15) is 5.10 Å². The molecule has 1 aromatic rings. The van der Waals surface area contributed by atoms with E-state index in [0.29, 0.717) is 21.5 Å². The number of rotatable bonds is 7. The lowest BCUT2D eigenvalue weighted by Gasteiger charge is -2.07. The zero-order valence-corrected chi connectivity index (χ0v) is 12.7. The third kappa shape index (κ3) is 6.97. The highest BCUT2D eigenvalue weighted by molar-refractivity contribution is 6.35. The number of amides is 1. The first-order valence-electron chi connectivity index (χ1n) is 6.00. The summed E-state index contributed by atoms with van der Waals surface area (Å²) in [5.74, 6) is -1.06. The lowest BCUT2D eigenvalue weighted by Crippen LogP contribution is -2.25. The lowest BCUT2D eigenvalue weighted by atomic mass is 10.2. The maximum Gasteiger partial charge on any atom is 0.303 e. The Labute approximate surface area is 131 Å². The van der Waals surface area contributed by atoms with Crippen LogP contribution in [0.25, 0.3) is 0 Å². The van der Waals surface area contributed by atoms with E-state index in [1.807, 2.05) is 0 Å². The Hall–Kier alpha value is -1.79. The molecule has 0 heterocycles. The van der Waals surface area contributed by atoms with Crippen molar-refractivity contribution in [2.45, 2.75) is 19.8 Å². The van der Waals surface area contributed by atoms with Crippen LogP contribution in [0.4, 0.5) is 0 Å². The fourth-order valence-electron chi connectivity index (χ4n) is 1.27. The summed E-state index contributed by atoms with van der Waals surface area (Å²) in [7, 11) is 0. The fourth-order valence-corrected chi connectivity index (χ4v) is 1.73. The van der Waals surface area contributed by atoms with Crippen LogP contribution in [0.2, 0.25) is 10.0 Å². The minimum atomic E-state index is -0.920. The van der Waals surface area contributed by atoms with Crippen LogP contribution in [0.5, 0.6) is 5.75 Å². The zero-order chi connectivity index (χ0) is 15.8. The molecule has 1 amide bonds. The lowest BCUT2D eigenvalue weighted by molar-refractivity contribution is -0.136. The van der Waals surface area contributed by atoms with Gasteiger partial charge in [0.1, 0.15) is 5.75 Å². The number of carboxylic acids is 1. The smallest absolute Gasteiger partial charge is 0.303 e. The molecule has 1 rings (SSSR count). The third-order valence-corrected chi connectivity index (χ3v) is 2.86. The molecule has 0 saturated carbocycles. The number of hydrazone groups is 1. The summed E-state index contributed by atoms with van der Waals surface area (Å²) in [6.07, 6.45) is 0.224. The SMILES string of the molecule is C/C(CCC(=O)O)=N\NC(=O)COc1ccc(Cl)cc1Cl. The second-order valence-electron chi connectivity index (χ2n) is 4.14. The van der Waals surface area contributed by atoms with Crippen LogP contribution in [0.1, 0.15) is 19.8 Å². The molecule has 8 heteroatoms. The van der Waals surface area contributed by atoms with Gasteiger partial charge in [0.15, 0.2) is 6.61 Å². The molecule has 0 unspecified atom stereocenters. The van der Waals surface area contributed by atoms with Crippen LogP contribution < -0.4 is 10.2 Å². The minimum Gasteiger partial charge on any atom is -0.482 e. The molecule has 0 saturated heterocycles. The van der Waals surface area contributed by atoms with E-state index in [1.165, 1.54) is 6.07 Å². The first-order chi connectivity index (χ1) is 9.88. The largest absolute Gasteiger partial charge is 0.482 e. The molecule has 0 aliphatic heterocycles. The van der Waals surface area contributed by atoms with Gasteiger partial charge >= 0.3 is 5.97 Å². The van der Waals surface area contributed by atoms with Crippen molar-refractivity contribution in [1.29, 1.82) is 0 Å². The number of halogens is 2. The topological polar surface area (TPSA) is 88.0 Å². The van der Waals surface area contributed by atoms with Gasteiger partial charge in [-0.15, -0.1) is 0 Å². The molecule has 0 bridgehead atoms. The van der Waals surface area contributed by atoms with Gasteiger partial charge in [0.05, 0.1) is 11.4 Å². The number of aliphatic carboxylic acids is 1. The predicted molar refractivity (Wildman–Crippen MR) is 80.1 cm³/mol. The fraction of sp³-hybridized carbons (Fsp3) is 0.308. The molecular weight excluding hydrogens is 319 g/mol. The zero-order valence-electron chi connectivity index (χ0n) is 11.2. The van der Waals surface area contributed by atoms with Crippen molar-refractivity contribution in [3.63, 3.8) is 0 Å². The molecule has 0 fully saturated rings. The molecule has 2 N–H and O–H groups in total. The van der Waals surface area contributed by atoms with Crippen molar-refractivity contribution in [2.24, 2.45) is 5.10 Å². The molecule has 114 valence electrons. The van der Waals surface area contributed by atoms with E-state index in [1.54, 1.807) is 19.1 Å². The number of carbonyl (C=O) groups excluding carboxylic acids is 1. The monoisotopic (exact) mass is 332 g/mol. The molecule has 0 aromatic heterocycles. The van der Waals surface area contributed by atoms with Crippen LogP contribution in [0.3, 0.4) is 0 Å². The molecule has 0 aliphatic carbocycles. The van der Waals surface area contributed by atoms with Gasteiger partial charge < -0.3 is 9.84 Å². The second-order valence-corrected chi connectivity index (χ2v) is 4.98. The second kappa shape index (κ2) is 8.49. The first kappa shape index (κ1) is 17.3. The number of ether oxygens (including phenoxy) is 1. The highest BCUT2D eigenvalue weighted by Gasteiger charge is 2.06. The summed E-state index contributed by atoms with van der Waals surface area (Å²) in [5, 5.41) is 13.0. The van der Waals surface area contributed by atoms with Gasteiger partial charge in [-0.25, -0.2) is 5.43 Å². The highest BCUT2D eigenvalue weighted by Crippen LogP contribution is 2.27. The summed E-state index contributed by atoms with van der Waals surface area (Å²) in [6, 6.07) is 4.65. The Morgan fingerprint density at radius 2 is 2.05 bits per heavy atom. The molecule has 1 aromatic carbocycles. The van der Waals surface area contributed by atoms with Crippen molar-refractivity contribution >= 4 is 40.8 Å². The van der Waals surface area contributed by atoms with Gasteiger partial charge in [-0.05, 0) is 31.5 Å². The van der Waals surface area contributed by atoms with Crippen LogP contribution in [-0.4, -0.2) is 29.3 Å². The van der Waals surface area contributed by atoms with E-state index in [9.17, 15) is 9.59 Å².